The van der Waals surface area contributed by atoms with Crippen molar-refractivity contribution in [1.29, 1.82) is 0 Å². The van der Waals surface area contributed by atoms with Gasteiger partial charge in [-0.2, -0.15) is 0 Å². The van der Waals surface area contributed by atoms with E-state index in [-0.39, 0.29) is 32.7 Å². The molecule has 0 aromatic heterocycles. The van der Waals surface area contributed by atoms with E-state index < -0.39 is 28.0 Å². The maximum Gasteiger partial charge on any atom is 0.340 e. The molecule has 0 spiro atoms. The summed E-state index contributed by atoms with van der Waals surface area (Å²) < 4.78 is 33.2. The first kappa shape index (κ1) is 28.8. The Morgan fingerprint density at radius 3 is 2.24 bits per heavy atom. The Balaban J connectivity index is 1.84. The van der Waals surface area contributed by atoms with Crippen molar-refractivity contribution >= 4 is 79.7 Å². The van der Waals surface area contributed by atoms with Crippen molar-refractivity contribution < 1.29 is 22.7 Å². The summed E-state index contributed by atoms with van der Waals surface area (Å²) in [5.41, 5.74) is 0.380. The fourth-order valence-electron chi connectivity index (χ4n) is 3.12. The second kappa shape index (κ2) is 12.2. The molecule has 1 amide bonds. The van der Waals surface area contributed by atoms with Crippen molar-refractivity contribution in [3.05, 3.63) is 99.0 Å². The molecule has 0 unspecified atom stereocenters. The first-order chi connectivity index (χ1) is 17.4. The van der Waals surface area contributed by atoms with E-state index in [0.717, 1.165) is 10.4 Å². The van der Waals surface area contributed by atoms with Gasteiger partial charge in [0, 0.05) is 10.0 Å². The smallest absolute Gasteiger partial charge is 0.340 e. The highest BCUT2D eigenvalue weighted by Gasteiger charge is 2.27. The first-order valence-electron chi connectivity index (χ1n) is 10.6. The fourth-order valence-corrected chi connectivity index (χ4v) is 5.36. The summed E-state index contributed by atoms with van der Waals surface area (Å²) in [5.74, 6) is -1.66. The summed E-state index contributed by atoms with van der Waals surface area (Å²) in [5, 5.41) is 3.50. The zero-order valence-corrected chi connectivity index (χ0v) is 23.1. The van der Waals surface area contributed by atoms with Crippen LogP contribution in [0.5, 0.6) is 0 Å². The number of nitrogens with one attached hydrogen (secondary N) is 1. The quantitative estimate of drug-likeness (QED) is 0.213. The van der Waals surface area contributed by atoms with Crippen LogP contribution >= 0.6 is 46.4 Å². The molecule has 12 heteroatoms. The molecular formula is C25H20Cl4N2O5S. The second-order valence-corrected chi connectivity index (χ2v) is 11.2. The third-order valence-electron chi connectivity index (χ3n) is 5.00. The van der Waals surface area contributed by atoms with Crippen LogP contribution < -0.4 is 9.62 Å². The lowest BCUT2D eigenvalue weighted by molar-refractivity contribution is -0.123. The number of carbonyl (C=O) groups excluding carboxylic acids is 2. The minimum atomic E-state index is -4.15. The Hall–Kier alpha value is -2.75. The third-order valence-corrected chi connectivity index (χ3v) is 7.92. The van der Waals surface area contributed by atoms with Crippen LogP contribution in [-0.2, 0) is 19.6 Å². The van der Waals surface area contributed by atoms with Crippen LogP contribution in [0.3, 0.4) is 0 Å². The predicted molar refractivity (Wildman–Crippen MR) is 148 cm³/mol. The SMILES string of the molecule is C=CCN(c1ccc(Cl)cc1)S(=O)(=O)c1ccc(Cl)c(C(=O)O[C@H](C)C(=O)Nc2ccc(Cl)cc2Cl)c1. The van der Waals surface area contributed by atoms with Crippen molar-refractivity contribution in [3.63, 3.8) is 0 Å². The molecule has 0 heterocycles. The number of hydrogen-bond acceptors (Lipinski definition) is 5. The van der Waals surface area contributed by atoms with Crippen LogP contribution in [0.2, 0.25) is 20.1 Å². The molecule has 194 valence electrons. The van der Waals surface area contributed by atoms with Gasteiger partial charge < -0.3 is 10.1 Å². The zero-order chi connectivity index (χ0) is 27.3. The van der Waals surface area contributed by atoms with Gasteiger partial charge in [-0.1, -0.05) is 52.5 Å². The number of esters is 1. The molecule has 1 N–H and O–H groups in total. The van der Waals surface area contributed by atoms with Gasteiger partial charge in [0.15, 0.2) is 6.10 Å². The molecule has 0 bridgehead atoms. The minimum absolute atomic E-state index is 0.0448. The highest BCUT2D eigenvalue weighted by molar-refractivity contribution is 7.92. The van der Waals surface area contributed by atoms with E-state index in [1.54, 1.807) is 24.3 Å². The maximum absolute atomic E-state index is 13.4. The molecule has 0 saturated heterocycles. The molecule has 37 heavy (non-hydrogen) atoms. The summed E-state index contributed by atoms with van der Waals surface area (Å²) in [6, 6.07) is 14.3. The molecule has 0 saturated carbocycles. The number of halogens is 4. The van der Waals surface area contributed by atoms with E-state index >= 15 is 0 Å². The second-order valence-electron chi connectivity index (χ2n) is 7.60. The molecule has 0 radical (unpaired) electrons. The molecule has 3 rings (SSSR count). The number of anilines is 2. The van der Waals surface area contributed by atoms with Gasteiger partial charge in [-0.05, 0) is 67.6 Å². The van der Waals surface area contributed by atoms with Crippen molar-refractivity contribution in [2.24, 2.45) is 0 Å². The predicted octanol–water partition coefficient (Wildman–Crippen LogP) is 6.87. The van der Waals surface area contributed by atoms with Gasteiger partial charge in [-0.25, -0.2) is 13.2 Å². The van der Waals surface area contributed by atoms with Crippen LogP contribution in [0.1, 0.15) is 17.3 Å². The molecule has 0 aliphatic carbocycles. The minimum Gasteiger partial charge on any atom is -0.449 e. The molecule has 0 aliphatic heterocycles. The Morgan fingerprint density at radius 2 is 1.62 bits per heavy atom. The molecular weight excluding hydrogens is 582 g/mol. The molecule has 0 fully saturated rings. The number of sulfonamides is 1. The normalized spacial score (nSPS) is 11.9. The van der Waals surface area contributed by atoms with Crippen LogP contribution in [0.4, 0.5) is 11.4 Å². The van der Waals surface area contributed by atoms with E-state index in [1.165, 1.54) is 43.3 Å². The Morgan fingerprint density at radius 1 is 0.973 bits per heavy atom. The summed E-state index contributed by atoms with van der Waals surface area (Å²) in [7, 11) is -4.15. The molecule has 1 atom stereocenters. The van der Waals surface area contributed by atoms with Crippen LogP contribution in [0, 0.1) is 0 Å². The fraction of sp³-hybridized carbons (Fsp3) is 0.120. The third kappa shape index (κ3) is 6.97. The van der Waals surface area contributed by atoms with Gasteiger partial charge in [-0.15, -0.1) is 6.58 Å². The number of amides is 1. The number of rotatable bonds is 9. The summed E-state index contributed by atoms with van der Waals surface area (Å²) in [4.78, 5) is 25.2. The lowest BCUT2D eigenvalue weighted by atomic mass is 10.2. The molecule has 7 nitrogen and oxygen atoms in total. The first-order valence-corrected chi connectivity index (χ1v) is 13.5. The van der Waals surface area contributed by atoms with Gasteiger partial charge >= 0.3 is 5.97 Å². The van der Waals surface area contributed by atoms with Gasteiger partial charge in [0.1, 0.15) is 0 Å². The zero-order valence-electron chi connectivity index (χ0n) is 19.3. The van der Waals surface area contributed by atoms with Crippen LogP contribution in [0.25, 0.3) is 0 Å². The van der Waals surface area contributed by atoms with Crippen molar-refractivity contribution in [1.82, 2.24) is 0 Å². The van der Waals surface area contributed by atoms with E-state index in [4.69, 9.17) is 51.1 Å². The number of nitrogens with zero attached hydrogens (tertiary/aromatic N) is 1. The average molecular weight is 602 g/mol. The topological polar surface area (TPSA) is 92.8 Å². The number of ether oxygens (including phenoxy) is 1. The lowest BCUT2D eigenvalue weighted by Gasteiger charge is -2.23. The highest BCUT2D eigenvalue weighted by atomic mass is 35.5. The number of benzene rings is 3. The summed E-state index contributed by atoms with van der Waals surface area (Å²) in [6.45, 7) is 4.92. The van der Waals surface area contributed by atoms with Gasteiger partial charge in [0.25, 0.3) is 15.9 Å². The van der Waals surface area contributed by atoms with Crippen molar-refractivity contribution in [2.45, 2.75) is 17.9 Å². The Kier molecular flexibility index (Phi) is 9.50. The van der Waals surface area contributed by atoms with E-state index in [0.29, 0.717) is 15.7 Å². The summed E-state index contributed by atoms with van der Waals surface area (Å²) in [6.07, 6.45) is 0.159. The highest BCUT2D eigenvalue weighted by Crippen LogP contribution is 2.29. The molecule has 3 aromatic rings. The van der Waals surface area contributed by atoms with E-state index in [2.05, 4.69) is 11.9 Å². The average Bonchev–Trinajstić information content (AvgIpc) is 2.84. The van der Waals surface area contributed by atoms with Gasteiger partial charge in [0.05, 0.1) is 38.4 Å². The monoisotopic (exact) mass is 600 g/mol. The van der Waals surface area contributed by atoms with Crippen molar-refractivity contribution in [3.8, 4) is 0 Å². The molecule has 3 aromatic carbocycles. The number of carbonyl (C=O) groups is 2. The Bertz CT molecular complexity index is 1450. The van der Waals surface area contributed by atoms with Crippen molar-refractivity contribution in [2.75, 3.05) is 16.2 Å². The summed E-state index contributed by atoms with van der Waals surface area (Å²) >= 11 is 24.0. The van der Waals surface area contributed by atoms with E-state index in [9.17, 15) is 18.0 Å². The van der Waals surface area contributed by atoms with E-state index in [1.807, 2.05) is 0 Å². The van der Waals surface area contributed by atoms with Gasteiger partial charge in [0.2, 0.25) is 0 Å². The van der Waals surface area contributed by atoms with Crippen LogP contribution in [0.15, 0.2) is 78.2 Å². The Labute approximate surface area is 234 Å². The molecule has 0 aliphatic rings. The van der Waals surface area contributed by atoms with Crippen LogP contribution in [-0.4, -0.2) is 32.9 Å². The number of hydrogen-bond donors (Lipinski definition) is 1. The maximum atomic E-state index is 13.4. The standard InChI is InChI=1S/C25H20Cl4N2O5S/c1-3-12-31(18-7-4-16(26)5-8-18)37(34,35)19-9-10-21(28)20(14-19)25(33)36-15(2)24(32)30-23-11-6-17(27)13-22(23)29/h3-11,13-15H,1,12H2,2H3,(H,30,32)/t15-/m1/s1. The van der Waals surface area contributed by atoms with Gasteiger partial charge in [-0.3, -0.25) is 9.10 Å². The largest absolute Gasteiger partial charge is 0.449 e. The lowest BCUT2D eigenvalue weighted by Crippen LogP contribution is -2.32.